The van der Waals surface area contributed by atoms with E-state index >= 15 is 0 Å². The first kappa shape index (κ1) is 23.7. The number of fused-ring (bicyclic) bond motifs is 1. The molecule has 7 heteroatoms. The van der Waals surface area contributed by atoms with Crippen LogP contribution in [0.2, 0.25) is 5.02 Å². The zero-order valence-electron chi connectivity index (χ0n) is 19.2. The standard InChI is InChI=1S/C27H27ClN4O2/c1-32(2)16-18-6-10-21(11-7-18)30-26(19-5-3-4-17(14-19)8-13-24(29)33)25-22-12-9-20(28)15-23(22)31-27(25)34/h3-7,9-12,14-15,25H,8,13,16H2,1-2H3,(H2,29,33)(H,31,34). The number of hydrogen-bond donors (Lipinski definition) is 2. The van der Waals surface area contributed by atoms with E-state index < -0.39 is 5.92 Å². The molecule has 34 heavy (non-hydrogen) atoms. The van der Waals surface area contributed by atoms with Gasteiger partial charge in [-0.3, -0.25) is 14.6 Å². The molecule has 1 heterocycles. The smallest absolute Gasteiger partial charge is 0.238 e. The molecule has 0 fully saturated rings. The lowest BCUT2D eigenvalue weighted by Crippen LogP contribution is -2.22. The minimum atomic E-state index is -0.583. The van der Waals surface area contributed by atoms with E-state index in [-0.39, 0.29) is 18.2 Å². The van der Waals surface area contributed by atoms with Crippen molar-refractivity contribution in [1.82, 2.24) is 4.90 Å². The number of halogens is 1. The van der Waals surface area contributed by atoms with Crippen molar-refractivity contribution in [3.8, 4) is 0 Å². The lowest BCUT2D eigenvalue weighted by molar-refractivity contribution is -0.118. The van der Waals surface area contributed by atoms with Gasteiger partial charge in [0.1, 0.15) is 5.92 Å². The fourth-order valence-electron chi connectivity index (χ4n) is 4.14. The predicted molar refractivity (Wildman–Crippen MR) is 137 cm³/mol. The highest BCUT2D eigenvalue weighted by Crippen LogP contribution is 2.38. The number of benzene rings is 3. The minimum absolute atomic E-state index is 0.150. The average molecular weight is 475 g/mol. The van der Waals surface area contributed by atoms with E-state index in [0.717, 1.165) is 28.9 Å². The molecule has 0 spiro atoms. The van der Waals surface area contributed by atoms with Crippen molar-refractivity contribution < 1.29 is 9.59 Å². The highest BCUT2D eigenvalue weighted by Gasteiger charge is 2.35. The average Bonchev–Trinajstić information content (AvgIpc) is 3.11. The van der Waals surface area contributed by atoms with Crippen molar-refractivity contribution >= 4 is 40.5 Å². The van der Waals surface area contributed by atoms with Crippen LogP contribution in [-0.4, -0.2) is 36.5 Å². The van der Waals surface area contributed by atoms with Crippen molar-refractivity contribution in [1.29, 1.82) is 0 Å². The predicted octanol–water partition coefficient (Wildman–Crippen LogP) is 4.68. The molecule has 6 nitrogen and oxygen atoms in total. The summed E-state index contributed by atoms with van der Waals surface area (Å²) in [5.41, 5.74) is 11.2. The maximum absolute atomic E-state index is 13.1. The fraction of sp³-hybridized carbons (Fsp3) is 0.222. The molecule has 3 aromatic rings. The Morgan fingerprint density at radius 1 is 1.06 bits per heavy atom. The van der Waals surface area contributed by atoms with Gasteiger partial charge in [0, 0.05) is 23.7 Å². The third-order valence-corrected chi connectivity index (χ3v) is 5.92. The van der Waals surface area contributed by atoms with Gasteiger partial charge in [0.15, 0.2) is 0 Å². The summed E-state index contributed by atoms with van der Waals surface area (Å²) in [5, 5.41) is 3.50. The van der Waals surface area contributed by atoms with Gasteiger partial charge in [-0.05, 0) is 73.1 Å². The summed E-state index contributed by atoms with van der Waals surface area (Å²) in [6.07, 6.45) is 0.785. The van der Waals surface area contributed by atoms with Crippen LogP contribution in [0.1, 0.15) is 34.6 Å². The summed E-state index contributed by atoms with van der Waals surface area (Å²) in [4.78, 5) is 31.5. The molecule has 0 bridgehead atoms. The Kier molecular flexibility index (Phi) is 7.10. The molecule has 174 valence electrons. The number of carbonyl (C=O) groups is 2. The number of aryl methyl sites for hydroxylation is 1. The van der Waals surface area contributed by atoms with Crippen LogP contribution in [0.3, 0.4) is 0 Å². The summed E-state index contributed by atoms with van der Waals surface area (Å²) in [6, 6.07) is 21.2. The molecule has 0 saturated heterocycles. The number of primary amides is 1. The lowest BCUT2D eigenvalue weighted by Gasteiger charge is -2.15. The monoisotopic (exact) mass is 474 g/mol. The highest BCUT2D eigenvalue weighted by molar-refractivity contribution is 6.31. The third-order valence-electron chi connectivity index (χ3n) is 5.69. The second-order valence-corrected chi connectivity index (χ2v) is 9.16. The van der Waals surface area contributed by atoms with Crippen molar-refractivity contribution in [2.24, 2.45) is 10.7 Å². The van der Waals surface area contributed by atoms with Gasteiger partial charge in [0.25, 0.3) is 0 Å². The Hall–Kier alpha value is -3.48. The van der Waals surface area contributed by atoms with Crippen LogP contribution in [0.4, 0.5) is 11.4 Å². The molecule has 1 atom stereocenters. The zero-order valence-corrected chi connectivity index (χ0v) is 20.0. The Bertz CT molecular complexity index is 1250. The van der Waals surface area contributed by atoms with Gasteiger partial charge >= 0.3 is 0 Å². The van der Waals surface area contributed by atoms with Crippen molar-refractivity contribution in [2.75, 3.05) is 19.4 Å². The molecular weight excluding hydrogens is 448 g/mol. The number of anilines is 1. The number of rotatable bonds is 8. The molecule has 0 aromatic heterocycles. The number of aliphatic imine (C=N–C) groups is 1. The van der Waals surface area contributed by atoms with Gasteiger partial charge in [-0.1, -0.05) is 48.0 Å². The molecule has 2 amide bonds. The number of hydrogen-bond acceptors (Lipinski definition) is 4. The van der Waals surface area contributed by atoms with E-state index in [1.54, 1.807) is 12.1 Å². The van der Waals surface area contributed by atoms with Gasteiger partial charge in [-0.15, -0.1) is 0 Å². The van der Waals surface area contributed by atoms with Crippen LogP contribution in [0, 0.1) is 0 Å². The number of nitrogens with one attached hydrogen (secondary N) is 1. The van der Waals surface area contributed by atoms with E-state index in [2.05, 4.69) is 10.2 Å². The van der Waals surface area contributed by atoms with E-state index in [0.29, 0.717) is 22.8 Å². The van der Waals surface area contributed by atoms with Crippen LogP contribution in [-0.2, 0) is 22.6 Å². The first-order valence-electron chi connectivity index (χ1n) is 11.1. The van der Waals surface area contributed by atoms with E-state index in [9.17, 15) is 9.59 Å². The van der Waals surface area contributed by atoms with Crippen LogP contribution >= 0.6 is 11.6 Å². The first-order valence-corrected chi connectivity index (χ1v) is 11.5. The van der Waals surface area contributed by atoms with Gasteiger partial charge < -0.3 is 16.0 Å². The molecule has 3 aromatic carbocycles. The Balaban J connectivity index is 1.78. The van der Waals surface area contributed by atoms with Crippen LogP contribution in [0.25, 0.3) is 0 Å². The summed E-state index contributed by atoms with van der Waals surface area (Å²) in [6.45, 7) is 0.831. The van der Waals surface area contributed by atoms with Gasteiger partial charge in [0.2, 0.25) is 11.8 Å². The summed E-state index contributed by atoms with van der Waals surface area (Å²) < 4.78 is 0. The second kappa shape index (κ2) is 10.2. The molecule has 1 aliphatic rings. The largest absolute Gasteiger partial charge is 0.370 e. The van der Waals surface area contributed by atoms with Crippen molar-refractivity contribution in [3.05, 3.63) is 94.0 Å². The van der Waals surface area contributed by atoms with E-state index in [4.69, 9.17) is 22.3 Å². The van der Waals surface area contributed by atoms with Crippen LogP contribution < -0.4 is 11.1 Å². The lowest BCUT2D eigenvalue weighted by atomic mass is 9.89. The highest BCUT2D eigenvalue weighted by atomic mass is 35.5. The summed E-state index contributed by atoms with van der Waals surface area (Å²) in [7, 11) is 4.05. The van der Waals surface area contributed by atoms with Crippen LogP contribution in [0.15, 0.2) is 71.7 Å². The van der Waals surface area contributed by atoms with E-state index in [1.807, 2.05) is 68.7 Å². The number of nitrogens with two attached hydrogens (primary N) is 1. The maximum atomic E-state index is 13.1. The second-order valence-electron chi connectivity index (χ2n) is 8.72. The Morgan fingerprint density at radius 3 is 2.53 bits per heavy atom. The van der Waals surface area contributed by atoms with Crippen molar-refractivity contribution in [2.45, 2.75) is 25.3 Å². The molecule has 0 aliphatic carbocycles. The maximum Gasteiger partial charge on any atom is 0.238 e. The Morgan fingerprint density at radius 2 is 1.82 bits per heavy atom. The number of nitrogens with zero attached hydrogens (tertiary/aromatic N) is 2. The number of carbonyl (C=O) groups excluding carboxylic acids is 2. The molecule has 1 aliphatic heterocycles. The summed E-state index contributed by atoms with van der Waals surface area (Å²) in [5.74, 6) is -1.08. The topological polar surface area (TPSA) is 87.8 Å². The molecule has 0 saturated carbocycles. The van der Waals surface area contributed by atoms with Gasteiger partial charge in [0.05, 0.1) is 11.4 Å². The van der Waals surface area contributed by atoms with Crippen molar-refractivity contribution in [3.63, 3.8) is 0 Å². The quantitative estimate of drug-likeness (QED) is 0.465. The SMILES string of the molecule is CN(C)Cc1ccc(N=C(c2cccc(CCC(N)=O)c2)C2C(=O)Nc3cc(Cl)ccc32)cc1. The molecule has 4 rings (SSSR count). The minimum Gasteiger partial charge on any atom is -0.370 e. The molecule has 1 unspecified atom stereocenters. The molecule has 0 radical (unpaired) electrons. The molecule has 3 N–H and O–H groups in total. The number of amides is 2. The third kappa shape index (κ3) is 5.53. The van der Waals surface area contributed by atoms with Gasteiger partial charge in [-0.2, -0.15) is 0 Å². The zero-order chi connectivity index (χ0) is 24.2. The van der Waals surface area contributed by atoms with Gasteiger partial charge in [-0.25, -0.2) is 0 Å². The molecular formula is C27H27ClN4O2. The van der Waals surface area contributed by atoms with E-state index in [1.165, 1.54) is 5.56 Å². The fourth-order valence-corrected chi connectivity index (χ4v) is 4.31. The van der Waals surface area contributed by atoms with Crippen LogP contribution in [0.5, 0.6) is 0 Å². The Labute approximate surface area is 204 Å². The first-order chi connectivity index (χ1) is 16.3. The summed E-state index contributed by atoms with van der Waals surface area (Å²) >= 11 is 6.15. The normalized spacial score (nSPS) is 15.4.